The molecule has 8 nitrogen and oxygen atoms in total. The van der Waals surface area contributed by atoms with Gasteiger partial charge in [-0.3, -0.25) is 19.5 Å². The molecule has 1 fully saturated rings. The second-order valence-corrected chi connectivity index (χ2v) is 9.39. The van der Waals surface area contributed by atoms with Crippen molar-refractivity contribution in [2.24, 2.45) is 0 Å². The van der Waals surface area contributed by atoms with Crippen molar-refractivity contribution in [3.63, 3.8) is 0 Å². The number of hydrogen-bond donors (Lipinski definition) is 1. The van der Waals surface area contributed by atoms with E-state index < -0.39 is 17.7 Å². The summed E-state index contributed by atoms with van der Waals surface area (Å²) in [5.74, 6) is -0.436. The van der Waals surface area contributed by atoms with E-state index in [-0.39, 0.29) is 11.3 Å². The second kappa shape index (κ2) is 10.4. The van der Waals surface area contributed by atoms with Gasteiger partial charge >= 0.3 is 5.91 Å². The van der Waals surface area contributed by atoms with Crippen LogP contribution in [0.1, 0.15) is 37.4 Å². The van der Waals surface area contributed by atoms with E-state index in [0.717, 1.165) is 11.1 Å². The van der Waals surface area contributed by atoms with Crippen molar-refractivity contribution in [2.45, 2.75) is 26.3 Å². The summed E-state index contributed by atoms with van der Waals surface area (Å²) in [6.07, 6.45) is 4.04. The van der Waals surface area contributed by atoms with E-state index in [2.05, 4.69) is 9.97 Å². The number of hydrogen-bond acceptors (Lipinski definition) is 8. The summed E-state index contributed by atoms with van der Waals surface area (Å²) in [5.41, 5.74) is 1.72. The minimum Gasteiger partial charge on any atom is -0.507 e. The number of benzene rings is 2. The summed E-state index contributed by atoms with van der Waals surface area (Å²) in [6.45, 7) is 5.02. The average molecular weight is 516 g/mol. The van der Waals surface area contributed by atoms with E-state index in [4.69, 9.17) is 9.47 Å². The van der Waals surface area contributed by atoms with E-state index in [0.29, 0.717) is 46.5 Å². The molecule has 4 aromatic rings. The van der Waals surface area contributed by atoms with Crippen molar-refractivity contribution in [1.82, 2.24) is 9.97 Å². The Kier molecular flexibility index (Phi) is 6.87. The number of carbonyl (C=O) groups is 2. The van der Waals surface area contributed by atoms with Gasteiger partial charge in [-0.05, 0) is 73.5 Å². The molecule has 9 heteroatoms. The Bertz CT molecular complexity index is 1480. The third-order valence-electron chi connectivity index (χ3n) is 5.93. The fourth-order valence-corrected chi connectivity index (χ4v) is 5.25. The highest BCUT2D eigenvalue weighted by Gasteiger charge is 2.48. The summed E-state index contributed by atoms with van der Waals surface area (Å²) in [5, 5.41) is 11.7. The Balaban J connectivity index is 1.61. The standard InChI is InChI=1S/C28H25N3O5S/c1-3-15-36-19-7-5-18(6-8-19)25(32)23-24(17-11-13-29-14-12-17)31(27(34)26(23)33)28-30-21-10-9-20(35-4-2)16-22(21)37-28/h5-14,16,24,32H,3-4,15H2,1-2H3. The first-order chi connectivity index (χ1) is 18.0. The Morgan fingerprint density at radius 3 is 2.43 bits per heavy atom. The number of aromatic nitrogens is 2. The van der Waals surface area contributed by atoms with Gasteiger partial charge in [-0.25, -0.2) is 4.98 Å². The lowest BCUT2D eigenvalue weighted by Gasteiger charge is -2.22. The number of thiazole rings is 1. The topological polar surface area (TPSA) is 102 Å². The molecule has 0 bridgehead atoms. The van der Waals surface area contributed by atoms with Gasteiger partial charge in [-0.1, -0.05) is 18.3 Å². The maximum absolute atomic E-state index is 13.4. The molecule has 0 radical (unpaired) electrons. The molecule has 5 rings (SSSR count). The molecule has 0 saturated carbocycles. The molecule has 1 amide bonds. The molecule has 1 unspecified atom stereocenters. The van der Waals surface area contributed by atoms with E-state index >= 15 is 0 Å². The van der Waals surface area contributed by atoms with Crippen LogP contribution in [0.4, 0.5) is 5.13 Å². The van der Waals surface area contributed by atoms with Crippen LogP contribution < -0.4 is 14.4 Å². The highest BCUT2D eigenvalue weighted by atomic mass is 32.1. The zero-order chi connectivity index (χ0) is 25.9. The molecule has 2 aromatic carbocycles. The van der Waals surface area contributed by atoms with Crippen LogP contribution in [0.25, 0.3) is 16.0 Å². The summed E-state index contributed by atoms with van der Waals surface area (Å²) >= 11 is 1.28. The molecule has 1 aliphatic rings. The zero-order valence-corrected chi connectivity index (χ0v) is 21.2. The van der Waals surface area contributed by atoms with Crippen molar-refractivity contribution < 1.29 is 24.2 Å². The van der Waals surface area contributed by atoms with Crippen LogP contribution >= 0.6 is 11.3 Å². The predicted octanol–water partition coefficient (Wildman–Crippen LogP) is 5.51. The van der Waals surface area contributed by atoms with Crippen molar-refractivity contribution in [3.05, 3.63) is 83.7 Å². The van der Waals surface area contributed by atoms with Gasteiger partial charge in [0.2, 0.25) is 0 Å². The largest absolute Gasteiger partial charge is 0.507 e. The Morgan fingerprint density at radius 2 is 1.73 bits per heavy atom. The van der Waals surface area contributed by atoms with Gasteiger partial charge < -0.3 is 14.6 Å². The van der Waals surface area contributed by atoms with Gasteiger partial charge in [0.15, 0.2) is 5.13 Å². The normalized spacial score (nSPS) is 16.9. The molecule has 0 aliphatic carbocycles. The molecule has 1 atom stereocenters. The number of amides is 1. The number of aliphatic hydroxyl groups is 1. The van der Waals surface area contributed by atoms with Crippen LogP contribution in [-0.2, 0) is 9.59 Å². The molecule has 1 saturated heterocycles. The molecular formula is C28H25N3O5S. The highest BCUT2D eigenvalue weighted by molar-refractivity contribution is 7.22. The van der Waals surface area contributed by atoms with Gasteiger partial charge in [-0.2, -0.15) is 0 Å². The lowest BCUT2D eigenvalue weighted by Crippen LogP contribution is -2.29. The van der Waals surface area contributed by atoms with E-state index in [9.17, 15) is 14.7 Å². The predicted molar refractivity (Wildman–Crippen MR) is 142 cm³/mol. The number of Topliss-reactive ketones (excluding diaryl/α,β-unsaturated/α-hetero) is 1. The van der Waals surface area contributed by atoms with E-state index in [1.807, 2.05) is 32.0 Å². The van der Waals surface area contributed by atoms with Crippen LogP contribution in [0, 0.1) is 0 Å². The third kappa shape index (κ3) is 4.65. The van der Waals surface area contributed by atoms with Crippen molar-refractivity contribution in [2.75, 3.05) is 18.1 Å². The van der Waals surface area contributed by atoms with Gasteiger partial charge in [0, 0.05) is 18.0 Å². The lowest BCUT2D eigenvalue weighted by molar-refractivity contribution is -0.132. The number of ether oxygens (including phenoxy) is 2. The number of fused-ring (bicyclic) bond motifs is 1. The fourth-order valence-electron chi connectivity index (χ4n) is 4.23. The summed E-state index contributed by atoms with van der Waals surface area (Å²) in [6, 6.07) is 14.9. The monoisotopic (exact) mass is 515 g/mol. The van der Waals surface area contributed by atoms with Crippen molar-refractivity contribution >= 4 is 44.1 Å². The van der Waals surface area contributed by atoms with Crippen LogP contribution in [-0.4, -0.2) is 40.0 Å². The molecule has 1 N–H and O–H groups in total. The van der Waals surface area contributed by atoms with Gasteiger partial charge in [-0.15, -0.1) is 0 Å². The SMILES string of the molecule is CCCOc1ccc(C(O)=C2C(=O)C(=O)N(c3nc4ccc(OCC)cc4s3)C2c2ccncc2)cc1. The van der Waals surface area contributed by atoms with Crippen LogP contribution in [0.3, 0.4) is 0 Å². The minimum absolute atomic E-state index is 0.00677. The smallest absolute Gasteiger partial charge is 0.301 e. The molecule has 188 valence electrons. The minimum atomic E-state index is -0.869. The number of rotatable bonds is 8. The molecule has 1 aliphatic heterocycles. The van der Waals surface area contributed by atoms with E-state index in [1.54, 1.807) is 48.8 Å². The maximum atomic E-state index is 13.4. The Morgan fingerprint density at radius 1 is 1.00 bits per heavy atom. The number of ketones is 1. The summed E-state index contributed by atoms with van der Waals surface area (Å²) in [7, 11) is 0. The average Bonchev–Trinajstić information content (AvgIpc) is 3.45. The van der Waals surface area contributed by atoms with Gasteiger partial charge in [0.1, 0.15) is 17.3 Å². The number of pyridine rings is 1. The third-order valence-corrected chi connectivity index (χ3v) is 6.95. The van der Waals surface area contributed by atoms with Gasteiger partial charge in [0.25, 0.3) is 5.78 Å². The second-order valence-electron chi connectivity index (χ2n) is 8.38. The zero-order valence-electron chi connectivity index (χ0n) is 20.4. The van der Waals surface area contributed by atoms with Gasteiger partial charge in [0.05, 0.1) is 35.0 Å². The number of anilines is 1. The lowest BCUT2D eigenvalue weighted by atomic mass is 9.96. The number of aliphatic hydroxyl groups excluding tert-OH is 1. The Hall–Kier alpha value is -4.24. The first-order valence-corrected chi connectivity index (χ1v) is 12.8. The van der Waals surface area contributed by atoms with Crippen LogP contribution in [0.2, 0.25) is 0 Å². The molecule has 2 aromatic heterocycles. The van der Waals surface area contributed by atoms with Crippen molar-refractivity contribution in [3.8, 4) is 11.5 Å². The molecular weight excluding hydrogens is 490 g/mol. The number of nitrogens with zero attached hydrogens (tertiary/aromatic N) is 3. The summed E-state index contributed by atoms with van der Waals surface area (Å²) in [4.78, 5) is 36.8. The Labute approximate surface area is 217 Å². The highest BCUT2D eigenvalue weighted by Crippen LogP contribution is 2.44. The maximum Gasteiger partial charge on any atom is 0.301 e. The van der Waals surface area contributed by atoms with Crippen LogP contribution in [0.15, 0.2) is 72.6 Å². The summed E-state index contributed by atoms with van der Waals surface area (Å²) < 4.78 is 12.0. The molecule has 37 heavy (non-hydrogen) atoms. The first kappa shape index (κ1) is 24.5. The van der Waals surface area contributed by atoms with Crippen LogP contribution in [0.5, 0.6) is 11.5 Å². The molecule has 0 spiro atoms. The van der Waals surface area contributed by atoms with E-state index in [1.165, 1.54) is 16.2 Å². The quantitative estimate of drug-likeness (QED) is 0.188. The number of carbonyl (C=O) groups excluding carboxylic acids is 2. The fraction of sp³-hybridized carbons (Fsp3) is 0.214. The van der Waals surface area contributed by atoms with Crippen molar-refractivity contribution in [1.29, 1.82) is 0 Å². The first-order valence-electron chi connectivity index (χ1n) is 12.0. The molecule has 3 heterocycles.